The van der Waals surface area contributed by atoms with E-state index in [2.05, 4.69) is 25.5 Å². The van der Waals surface area contributed by atoms with Crippen molar-refractivity contribution in [1.82, 2.24) is 0 Å². The van der Waals surface area contributed by atoms with E-state index in [4.69, 9.17) is 5.73 Å². The monoisotopic (exact) mass is 237 g/mol. The Balaban J connectivity index is 3.68. The fourth-order valence-corrected chi connectivity index (χ4v) is 2.90. The van der Waals surface area contributed by atoms with Gasteiger partial charge in [0.25, 0.3) is 0 Å². The lowest BCUT2D eigenvalue weighted by Gasteiger charge is -2.17. The summed E-state index contributed by atoms with van der Waals surface area (Å²) in [5.74, 6) is -0.240. The molecule has 0 aromatic carbocycles. The normalized spacial score (nSPS) is 13.4. The Morgan fingerprint density at radius 2 is 2.14 bits per heavy atom. The molecule has 0 aliphatic heterocycles. The van der Waals surface area contributed by atoms with Crippen LogP contribution in [0, 0.1) is 0 Å². The second-order valence-corrected chi connectivity index (χ2v) is 6.79. The fourth-order valence-electron chi connectivity index (χ4n) is 0.487. The van der Waals surface area contributed by atoms with Gasteiger partial charge in [-0.25, -0.2) is 4.79 Å². The Hall–Kier alpha value is -0.200. The zero-order valence-electron chi connectivity index (χ0n) is 8.48. The number of nitrogens with two attached hydrogens (primary N) is 1. The summed E-state index contributed by atoms with van der Waals surface area (Å²) in [7, 11) is 3.14. The number of hydrogen-bond donors (Lipinski definition) is 1. The summed E-state index contributed by atoms with van der Waals surface area (Å²) >= 11 is 0. The van der Waals surface area contributed by atoms with Crippen molar-refractivity contribution >= 4 is 34.0 Å². The van der Waals surface area contributed by atoms with E-state index in [0.29, 0.717) is 5.75 Å². The molecule has 0 aliphatic rings. The number of ether oxygens (including phenoxy) is 1. The predicted molar refractivity (Wildman–Crippen MR) is 59.9 cm³/mol. The summed E-state index contributed by atoms with van der Waals surface area (Å²) in [6.45, 7) is 6.31. The van der Waals surface area contributed by atoms with Crippen LogP contribution in [0.1, 0.15) is 20.8 Å². The summed E-state index contributed by atoms with van der Waals surface area (Å²) in [6.07, 6.45) is 0. The van der Waals surface area contributed by atoms with E-state index in [1.165, 1.54) is 10.8 Å². The highest BCUT2D eigenvalue weighted by molar-refractivity contribution is 8.77. The van der Waals surface area contributed by atoms with Gasteiger partial charge in [-0.2, -0.15) is 0 Å². The maximum absolute atomic E-state index is 10.9. The minimum absolute atomic E-state index is 0.101. The van der Waals surface area contributed by atoms with E-state index in [-0.39, 0.29) is 11.2 Å². The minimum atomic E-state index is -0.736. The zero-order chi connectivity index (χ0) is 11.2. The molecule has 0 saturated carbocycles. The van der Waals surface area contributed by atoms with Crippen molar-refractivity contribution in [2.45, 2.75) is 31.6 Å². The van der Waals surface area contributed by atoms with Crippen LogP contribution >= 0.6 is 21.6 Å². The van der Waals surface area contributed by atoms with Gasteiger partial charge in [0.05, 0.1) is 0 Å². The number of hydrogen-bond acceptors (Lipinski definition) is 6. The number of carbonyl (C=O) groups is 2. The van der Waals surface area contributed by atoms with E-state index < -0.39 is 12.0 Å². The first-order chi connectivity index (χ1) is 6.37. The first kappa shape index (κ1) is 13.8. The molecule has 0 unspecified atom stereocenters. The van der Waals surface area contributed by atoms with Gasteiger partial charge >= 0.3 is 12.4 Å². The van der Waals surface area contributed by atoms with Gasteiger partial charge in [-0.3, -0.25) is 4.79 Å². The average molecular weight is 237 g/mol. The Kier molecular flexibility index (Phi) is 6.22. The van der Waals surface area contributed by atoms with Crippen molar-refractivity contribution in [3.05, 3.63) is 0 Å². The van der Waals surface area contributed by atoms with Crippen LogP contribution < -0.4 is 5.73 Å². The van der Waals surface area contributed by atoms with Gasteiger partial charge in [-0.1, -0.05) is 42.4 Å². The van der Waals surface area contributed by atoms with Crippen molar-refractivity contribution < 1.29 is 14.3 Å². The lowest BCUT2D eigenvalue weighted by Crippen LogP contribution is -2.34. The van der Waals surface area contributed by atoms with Gasteiger partial charge in [0.2, 0.25) is 0 Å². The molecule has 6 heteroatoms. The highest BCUT2D eigenvalue weighted by Gasteiger charge is 2.17. The van der Waals surface area contributed by atoms with Crippen LogP contribution in [0.25, 0.3) is 0 Å². The van der Waals surface area contributed by atoms with Gasteiger partial charge < -0.3 is 10.5 Å². The highest BCUT2D eigenvalue weighted by Crippen LogP contribution is 2.35. The maximum atomic E-state index is 10.9. The molecule has 0 rings (SSSR count). The van der Waals surface area contributed by atoms with Gasteiger partial charge in [-0.05, 0) is 0 Å². The molecule has 0 saturated heterocycles. The van der Waals surface area contributed by atoms with E-state index in [9.17, 15) is 9.59 Å². The summed E-state index contributed by atoms with van der Waals surface area (Å²) in [4.78, 5) is 20.7. The number of rotatable bonds is 5. The van der Waals surface area contributed by atoms with Gasteiger partial charge in [0.15, 0.2) is 0 Å². The topological polar surface area (TPSA) is 69.4 Å². The van der Waals surface area contributed by atoms with E-state index in [0.717, 1.165) is 0 Å². The van der Waals surface area contributed by atoms with Crippen molar-refractivity contribution in [1.29, 1.82) is 0 Å². The largest absolute Gasteiger partial charge is 0.394 e. The van der Waals surface area contributed by atoms with Gasteiger partial charge in [0.1, 0.15) is 6.04 Å². The highest BCUT2D eigenvalue weighted by atomic mass is 33.1. The van der Waals surface area contributed by atoms with Crippen LogP contribution in [0.15, 0.2) is 0 Å². The number of esters is 1. The fraction of sp³-hybridized carbons (Fsp3) is 0.750. The Morgan fingerprint density at radius 1 is 1.57 bits per heavy atom. The molecule has 0 amide bonds. The third-order valence-corrected chi connectivity index (χ3v) is 4.40. The summed E-state index contributed by atoms with van der Waals surface area (Å²) < 4.78 is 4.24. The molecule has 82 valence electrons. The van der Waals surface area contributed by atoms with Crippen LogP contribution in [-0.2, 0) is 14.3 Å². The van der Waals surface area contributed by atoms with Gasteiger partial charge in [0, 0.05) is 10.5 Å². The molecule has 0 radical (unpaired) electrons. The second kappa shape index (κ2) is 6.31. The summed E-state index contributed by atoms with van der Waals surface area (Å²) in [5.41, 5.74) is 5.47. The van der Waals surface area contributed by atoms with Crippen molar-refractivity contribution in [3.63, 3.8) is 0 Å². The van der Waals surface area contributed by atoms with Crippen molar-refractivity contribution in [2.75, 3.05) is 5.75 Å². The Morgan fingerprint density at radius 3 is 2.57 bits per heavy atom. The first-order valence-electron chi connectivity index (χ1n) is 4.07. The lowest BCUT2D eigenvalue weighted by molar-refractivity contribution is -0.152. The van der Waals surface area contributed by atoms with Crippen LogP contribution in [0.5, 0.6) is 0 Å². The van der Waals surface area contributed by atoms with E-state index in [1.807, 2.05) is 0 Å². The molecule has 0 fully saturated rings. The molecule has 4 nitrogen and oxygen atoms in total. The first-order valence-corrected chi connectivity index (χ1v) is 6.39. The zero-order valence-corrected chi connectivity index (χ0v) is 10.1. The standard InChI is InChI=1S/C8H15NO3S2/c1-8(2,3)14-13-4-6(9)7(11)12-5-10/h5-6H,4,9H2,1-3H3/t6-/m0/s1. The third kappa shape index (κ3) is 7.23. The molecule has 2 N–H and O–H groups in total. The van der Waals surface area contributed by atoms with E-state index in [1.54, 1.807) is 10.8 Å². The molecule has 0 heterocycles. The van der Waals surface area contributed by atoms with Crippen LogP contribution in [0.2, 0.25) is 0 Å². The Bertz CT molecular complexity index is 203. The molecule has 1 atom stereocenters. The third-order valence-electron chi connectivity index (χ3n) is 1.02. The van der Waals surface area contributed by atoms with Gasteiger partial charge in [-0.15, -0.1) is 0 Å². The molecule has 0 aliphatic carbocycles. The predicted octanol–water partition coefficient (Wildman–Crippen LogP) is 1.19. The quantitative estimate of drug-likeness (QED) is 0.335. The molecule has 0 spiro atoms. The van der Waals surface area contributed by atoms with Crippen LogP contribution in [0.3, 0.4) is 0 Å². The lowest BCUT2D eigenvalue weighted by atomic mass is 10.3. The summed E-state index contributed by atoms with van der Waals surface area (Å²) in [5, 5.41) is 0. The molecule has 0 aromatic heterocycles. The van der Waals surface area contributed by atoms with Crippen LogP contribution in [-0.4, -0.2) is 29.0 Å². The average Bonchev–Trinajstić information content (AvgIpc) is 2.02. The SMILES string of the molecule is CC(C)(C)SSC[C@H](N)C(=O)OC=O. The van der Waals surface area contributed by atoms with Crippen molar-refractivity contribution in [3.8, 4) is 0 Å². The van der Waals surface area contributed by atoms with Crippen molar-refractivity contribution in [2.24, 2.45) is 5.73 Å². The molecule has 14 heavy (non-hydrogen) atoms. The van der Waals surface area contributed by atoms with E-state index >= 15 is 0 Å². The van der Waals surface area contributed by atoms with Crippen LogP contribution in [0.4, 0.5) is 0 Å². The minimum Gasteiger partial charge on any atom is -0.394 e. The smallest absolute Gasteiger partial charge is 0.331 e. The second-order valence-electron chi connectivity index (χ2n) is 3.62. The molecule has 0 bridgehead atoms. The molecular formula is C8H15NO3S2. The molecule has 0 aromatic rings. The number of carbonyl (C=O) groups excluding carboxylic acids is 2. The Labute approximate surface area is 91.7 Å². The maximum Gasteiger partial charge on any atom is 0.331 e. The molecular weight excluding hydrogens is 222 g/mol. The summed E-state index contributed by atoms with van der Waals surface area (Å²) in [6, 6.07) is -0.736.